The minimum absolute atomic E-state index is 0.515. The number of methoxy groups -OCH3 is 1. The fraction of sp³-hybridized carbons (Fsp3) is 0.440. The molecule has 0 heterocycles. The van der Waals surface area contributed by atoms with Crippen LogP contribution in [0.2, 0.25) is 5.04 Å². The van der Waals surface area contributed by atoms with Crippen LogP contribution in [0.5, 0.6) is 0 Å². The van der Waals surface area contributed by atoms with E-state index >= 15 is 0 Å². The van der Waals surface area contributed by atoms with Gasteiger partial charge in [-0.05, 0) is 36.2 Å². The Kier molecular flexibility index (Phi) is 8.45. The van der Waals surface area contributed by atoms with Crippen molar-refractivity contribution in [1.29, 1.82) is 0 Å². The van der Waals surface area contributed by atoms with E-state index in [1.165, 1.54) is 11.8 Å². The first-order valence-corrected chi connectivity index (χ1v) is 12.8. The van der Waals surface area contributed by atoms with Gasteiger partial charge in [-0.15, -0.1) is 4.73 Å². The predicted molar refractivity (Wildman–Crippen MR) is 130 cm³/mol. The highest BCUT2D eigenvalue weighted by molar-refractivity contribution is 7.02. The fourth-order valence-corrected chi connectivity index (χ4v) is 9.52. The maximum Gasteiger partial charge on any atom is 0.527 e. The summed E-state index contributed by atoms with van der Waals surface area (Å²) >= 11 is 0. The summed E-state index contributed by atoms with van der Waals surface area (Å²) in [5, 5.41) is 11.6. The summed E-state index contributed by atoms with van der Waals surface area (Å²) in [5.41, 5.74) is -0.811. The zero-order chi connectivity index (χ0) is 24.9. The van der Waals surface area contributed by atoms with Crippen molar-refractivity contribution in [2.75, 3.05) is 13.7 Å². The molecule has 0 spiro atoms. The predicted octanol–water partition coefficient (Wildman–Crippen LogP) is 3.25. The van der Waals surface area contributed by atoms with Crippen molar-refractivity contribution in [2.45, 2.75) is 58.2 Å². The van der Waals surface area contributed by atoms with Gasteiger partial charge in [0.15, 0.2) is 6.04 Å². The quantitative estimate of drug-likeness (QED) is 0.375. The minimum Gasteiger partial charge on any atom is -0.468 e. The normalized spacial score (nSPS) is 13.4. The maximum atomic E-state index is 12.9. The van der Waals surface area contributed by atoms with Crippen LogP contribution in [0.4, 0.5) is 4.79 Å². The molecule has 33 heavy (non-hydrogen) atoms. The van der Waals surface area contributed by atoms with Crippen LogP contribution in [0.15, 0.2) is 60.7 Å². The number of hydroxylamine groups is 1. The van der Waals surface area contributed by atoms with E-state index in [1.807, 2.05) is 81.4 Å². The van der Waals surface area contributed by atoms with Crippen molar-refractivity contribution in [3.05, 3.63) is 60.7 Å². The molecule has 0 radical (unpaired) electrons. The smallest absolute Gasteiger partial charge is 0.468 e. The van der Waals surface area contributed by atoms with E-state index in [0.717, 1.165) is 10.4 Å². The molecule has 0 aliphatic heterocycles. The highest BCUT2D eigenvalue weighted by atomic mass is 28.3. The van der Waals surface area contributed by atoms with E-state index in [4.69, 9.17) is 14.3 Å². The molecule has 0 fully saturated rings. The van der Waals surface area contributed by atoms with Gasteiger partial charge in [-0.3, -0.25) is 4.79 Å². The molecule has 8 heteroatoms. The number of hydrogen-bond donors (Lipinski definition) is 1. The number of rotatable bonds is 7. The molecule has 0 aliphatic carbocycles. The number of ether oxygens (including phenoxy) is 2. The number of hydrogen-bond acceptors (Lipinski definition) is 7. The van der Waals surface area contributed by atoms with Gasteiger partial charge in [-0.1, -0.05) is 81.4 Å². The Balaban J connectivity index is 2.90. The van der Waals surface area contributed by atoms with E-state index in [9.17, 15) is 14.7 Å². The third-order valence-corrected chi connectivity index (χ3v) is 10.9. The van der Waals surface area contributed by atoms with Crippen LogP contribution in [0, 0.1) is 0 Å². The molecular weight excluding hydrogens is 438 g/mol. The molecule has 2 aromatic rings. The van der Waals surface area contributed by atoms with E-state index in [-0.39, 0.29) is 0 Å². The van der Waals surface area contributed by atoms with Crippen molar-refractivity contribution in [2.24, 2.45) is 0 Å². The van der Waals surface area contributed by atoms with Crippen LogP contribution in [0.3, 0.4) is 0 Å². The molecule has 2 aromatic carbocycles. The standard InChI is InChI=1S/C25H35NO6Si/c1-24(2,3)31-23(29)32-26(21(18-27)22(28)30-7)33(25(4,5)6,19-14-10-8-11-15-19)20-16-12-9-13-17-20/h8-17,21,27H,18H2,1-7H3/t21-/m1/s1. The first-order valence-electron chi connectivity index (χ1n) is 10.9. The molecule has 180 valence electrons. The second-order valence-electron chi connectivity index (χ2n) is 9.80. The van der Waals surface area contributed by atoms with Crippen molar-refractivity contribution >= 4 is 30.7 Å². The molecule has 0 unspecified atom stereocenters. The number of aliphatic hydroxyl groups is 1. The fourth-order valence-electron chi connectivity index (χ4n) is 4.07. The summed E-state index contributed by atoms with van der Waals surface area (Å²) in [6.45, 7) is 10.7. The van der Waals surface area contributed by atoms with E-state index in [1.54, 1.807) is 20.8 Å². The Bertz CT molecular complexity index is 882. The van der Waals surface area contributed by atoms with Gasteiger partial charge < -0.3 is 19.4 Å². The van der Waals surface area contributed by atoms with Gasteiger partial charge in [-0.25, -0.2) is 4.79 Å². The molecular formula is C25H35NO6Si. The SMILES string of the molecule is COC(=O)[C@@H](CO)N(OC(=O)OC(C)(C)C)[Si](c1ccccc1)(c1ccccc1)C(C)(C)C. The maximum absolute atomic E-state index is 12.9. The number of carbonyl (C=O) groups is 2. The Morgan fingerprint density at radius 1 is 0.909 bits per heavy atom. The Labute approximate surface area is 197 Å². The zero-order valence-corrected chi connectivity index (χ0v) is 21.5. The molecule has 2 rings (SSSR count). The third kappa shape index (κ3) is 5.82. The van der Waals surface area contributed by atoms with E-state index in [0.29, 0.717) is 0 Å². The monoisotopic (exact) mass is 473 g/mol. The summed E-state index contributed by atoms with van der Waals surface area (Å²) in [4.78, 5) is 31.7. The summed E-state index contributed by atoms with van der Waals surface area (Å²) in [7, 11) is -2.09. The number of carbonyl (C=O) groups excluding carboxylic acids is 2. The zero-order valence-electron chi connectivity index (χ0n) is 20.5. The second kappa shape index (κ2) is 10.5. The molecule has 1 N–H and O–H groups in total. The van der Waals surface area contributed by atoms with Gasteiger partial charge in [0.25, 0.3) is 0 Å². The highest BCUT2D eigenvalue weighted by Crippen LogP contribution is 2.40. The van der Waals surface area contributed by atoms with Crippen LogP contribution >= 0.6 is 0 Å². The van der Waals surface area contributed by atoms with Crippen molar-refractivity contribution in [1.82, 2.24) is 4.73 Å². The lowest BCUT2D eigenvalue weighted by Gasteiger charge is -2.50. The lowest BCUT2D eigenvalue weighted by atomic mass is 10.2. The molecule has 0 saturated carbocycles. The minimum atomic E-state index is -3.33. The third-order valence-electron chi connectivity index (χ3n) is 5.29. The number of aliphatic hydroxyl groups excluding tert-OH is 1. The van der Waals surface area contributed by atoms with Gasteiger partial charge in [0.2, 0.25) is 8.24 Å². The average molecular weight is 474 g/mol. The van der Waals surface area contributed by atoms with Crippen LogP contribution in [-0.4, -0.2) is 55.6 Å². The van der Waals surface area contributed by atoms with E-state index in [2.05, 4.69) is 0 Å². The van der Waals surface area contributed by atoms with Gasteiger partial charge in [0.05, 0.1) is 13.7 Å². The van der Waals surface area contributed by atoms with Crippen molar-refractivity contribution in [3.63, 3.8) is 0 Å². The van der Waals surface area contributed by atoms with Crippen LogP contribution < -0.4 is 10.4 Å². The lowest BCUT2D eigenvalue weighted by molar-refractivity contribution is -0.166. The second-order valence-corrected chi connectivity index (χ2v) is 14.3. The van der Waals surface area contributed by atoms with Gasteiger partial charge in [-0.2, -0.15) is 0 Å². The van der Waals surface area contributed by atoms with Crippen LogP contribution in [0.25, 0.3) is 0 Å². The Hall–Kier alpha value is -2.68. The Morgan fingerprint density at radius 3 is 1.70 bits per heavy atom. The molecule has 0 amide bonds. The van der Waals surface area contributed by atoms with Gasteiger partial charge >= 0.3 is 12.1 Å². The number of benzene rings is 2. The van der Waals surface area contributed by atoms with E-state index < -0.39 is 43.6 Å². The van der Waals surface area contributed by atoms with Crippen LogP contribution in [-0.2, 0) is 19.1 Å². The summed E-state index contributed by atoms with van der Waals surface area (Å²) in [6, 6.07) is 18.0. The molecule has 0 aromatic heterocycles. The summed E-state index contributed by atoms with van der Waals surface area (Å²) in [5.74, 6) is -0.714. The van der Waals surface area contributed by atoms with Crippen molar-refractivity contribution in [3.8, 4) is 0 Å². The topological polar surface area (TPSA) is 85.3 Å². The molecule has 0 saturated heterocycles. The average Bonchev–Trinajstić information content (AvgIpc) is 2.73. The lowest BCUT2D eigenvalue weighted by Crippen LogP contribution is -2.78. The molecule has 0 bridgehead atoms. The summed E-state index contributed by atoms with van der Waals surface area (Å²) in [6.07, 6.45) is -0.960. The van der Waals surface area contributed by atoms with Crippen LogP contribution in [0.1, 0.15) is 41.5 Å². The first-order chi connectivity index (χ1) is 15.4. The largest absolute Gasteiger partial charge is 0.527 e. The number of esters is 1. The first kappa shape index (κ1) is 26.6. The van der Waals surface area contributed by atoms with Gasteiger partial charge in [0.1, 0.15) is 5.60 Å². The Morgan fingerprint density at radius 2 is 1.36 bits per heavy atom. The number of nitrogens with zero attached hydrogens (tertiary/aromatic N) is 1. The van der Waals surface area contributed by atoms with Gasteiger partial charge in [0, 0.05) is 0 Å². The molecule has 1 atom stereocenters. The highest BCUT2D eigenvalue weighted by Gasteiger charge is 2.59. The molecule has 7 nitrogen and oxygen atoms in total. The van der Waals surface area contributed by atoms with Crippen molar-refractivity contribution < 1.29 is 29.0 Å². The summed E-state index contributed by atoms with van der Waals surface area (Å²) < 4.78 is 11.8. The molecule has 0 aliphatic rings.